The van der Waals surface area contributed by atoms with E-state index in [1.807, 2.05) is 44.0 Å². The van der Waals surface area contributed by atoms with Crippen molar-refractivity contribution in [2.24, 2.45) is 0 Å². The third-order valence-corrected chi connectivity index (χ3v) is 3.11. The van der Waals surface area contributed by atoms with E-state index >= 15 is 0 Å². The first-order valence-electron chi connectivity index (χ1n) is 5.10. The highest BCUT2D eigenvalue weighted by Crippen LogP contribution is 2.31. The molecule has 0 fully saturated rings. The molecule has 90 valence electrons. The molecular weight excluding hydrogens is 226 g/mol. The molecule has 0 aliphatic heterocycles. The second-order valence-electron chi connectivity index (χ2n) is 4.35. The maximum Gasteiger partial charge on any atom is 0.137 e. The fraction of sp³-hybridized carbons (Fsp3) is 0.500. The van der Waals surface area contributed by atoms with E-state index in [2.05, 4.69) is 0 Å². The Labute approximate surface area is 102 Å². The molecule has 0 aliphatic carbocycles. The van der Waals surface area contributed by atoms with Crippen LogP contribution in [0.3, 0.4) is 0 Å². The highest BCUT2D eigenvalue weighted by molar-refractivity contribution is 6.32. The van der Waals surface area contributed by atoms with Crippen LogP contribution < -0.4 is 9.64 Å². The number of methoxy groups -OCH3 is 1. The van der Waals surface area contributed by atoms with Crippen LogP contribution in [0.4, 0.5) is 5.69 Å². The van der Waals surface area contributed by atoms with E-state index in [0.29, 0.717) is 10.8 Å². The zero-order chi connectivity index (χ0) is 12.3. The number of hydrogen-bond donors (Lipinski definition) is 1. The van der Waals surface area contributed by atoms with E-state index in [1.54, 1.807) is 7.11 Å². The summed E-state index contributed by atoms with van der Waals surface area (Å²) < 4.78 is 5.09. The number of hydrogen-bond acceptors (Lipinski definition) is 3. The molecule has 1 aromatic carbocycles. The van der Waals surface area contributed by atoms with Crippen LogP contribution in [0.5, 0.6) is 5.75 Å². The lowest BCUT2D eigenvalue weighted by atomic mass is 10.0. The molecule has 1 rings (SSSR count). The first kappa shape index (κ1) is 13.1. The second kappa shape index (κ2) is 4.93. The SMILES string of the molecule is COc1ccc(N(C)C(C)(C)CO)cc1Cl. The summed E-state index contributed by atoms with van der Waals surface area (Å²) in [4.78, 5) is 1.98. The number of rotatable bonds is 4. The lowest BCUT2D eigenvalue weighted by Crippen LogP contribution is -2.44. The Kier molecular flexibility index (Phi) is 4.05. The molecule has 0 atom stereocenters. The number of aliphatic hydroxyl groups excluding tert-OH is 1. The summed E-state index contributed by atoms with van der Waals surface area (Å²) in [6, 6.07) is 5.57. The molecule has 1 N–H and O–H groups in total. The summed E-state index contributed by atoms with van der Waals surface area (Å²) in [5, 5.41) is 9.87. The number of anilines is 1. The minimum absolute atomic E-state index is 0.0765. The molecule has 16 heavy (non-hydrogen) atoms. The minimum atomic E-state index is -0.322. The molecule has 4 heteroatoms. The van der Waals surface area contributed by atoms with E-state index in [1.165, 1.54) is 0 Å². The summed E-state index contributed by atoms with van der Waals surface area (Å²) in [6.07, 6.45) is 0. The summed E-state index contributed by atoms with van der Waals surface area (Å²) in [6.45, 7) is 4.00. The Hall–Kier alpha value is -0.930. The van der Waals surface area contributed by atoms with Gasteiger partial charge < -0.3 is 14.7 Å². The summed E-state index contributed by atoms with van der Waals surface area (Å²) in [5.74, 6) is 0.653. The Morgan fingerprint density at radius 2 is 2.06 bits per heavy atom. The van der Waals surface area contributed by atoms with Gasteiger partial charge in [0, 0.05) is 12.7 Å². The summed E-state index contributed by atoms with van der Waals surface area (Å²) >= 11 is 6.05. The van der Waals surface area contributed by atoms with Crippen LogP contribution in [-0.2, 0) is 0 Å². The fourth-order valence-electron chi connectivity index (χ4n) is 1.32. The smallest absolute Gasteiger partial charge is 0.137 e. The predicted octanol–water partition coefficient (Wildman–Crippen LogP) is 2.56. The lowest BCUT2D eigenvalue weighted by molar-refractivity contribution is 0.216. The van der Waals surface area contributed by atoms with Gasteiger partial charge in [-0.25, -0.2) is 0 Å². The molecule has 0 saturated heterocycles. The molecule has 0 aromatic heterocycles. The summed E-state index contributed by atoms with van der Waals surface area (Å²) in [7, 11) is 3.51. The fourth-order valence-corrected chi connectivity index (χ4v) is 1.57. The number of ether oxygens (including phenoxy) is 1. The van der Waals surface area contributed by atoms with Crippen molar-refractivity contribution in [1.29, 1.82) is 0 Å². The van der Waals surface area contributed by atoms with E-state index in [4.69, 9.17) is 16.3 Å². The van der Waals surface area contributed by atoms with Crippen LogP contribution in [0.2, 0.25) is 5.02 Å². The normalized spacial score (nSPS) is 11.4. The molecular formula is C12H18ClNO2. The quantitative estimate of drug-likeness (QED) is 0.882. The predicted molar refractivity (Wildman–Crippen MR) is 67.6 cm³/mol. The number of aliphatic hydroxyl groups is 1. The molecule has 0 amide bonds. The third-order valence-electron chi connectivity index (χ3n) is 2.82. The molecule has 1 aromatic rings. The van der Waals surface area contributed by atoms with Crippen molar-refractivity contribution in [3.05, 3.63) is 23.2 Å². The molecule has 0 bridgehead atoms. The average Bonchev–Trinajstić information content (AvgIpc) is 2.27. The van der Waals surface area contributed by atoms with Crippen molar-refractivity contribution >= 4 is 17.3 Å². The van der Waals surface area contributed by atoms with Crippen LogP contribution in [-0.4, -0.2) is 31.4 Å². The Morgan fingerprint density at radius 1 is 1.44 bits per heavy atom. The van der Waals surface area contributed by atoms with Gasteiger partial charge >= 0.3 is 0 Å². The molecule has 3 nitrogen and oxygen atoms in total. The van der Waals surface area contributed by atoms with Crippen LogP contribution in [0.1, 0.15) is 13.8 Å². The zero-order valence-electron chi connectivity index (χ0n) is 10.1. The van der Waals surface area contributed by atoms with Crippen molar-refractivity contribution in [2.75, 3.05) is 25.7 Å². The third kappa shape index (κ3) is 2.60. The average molecular weight is 244 g/mol. The van der Waals surface area contributed by atoms with E-state index in [9.17, 15) is 5.11 Å². The summed E-state index contributed by atoms with van der Waals surface area (Å²) in [5.41, 5.74) is 0.627. The van der Waals surface area contributed by atoms with Gasteiger partial charge in [0.05, 0.1) is 24.3 Å². The monoisotopic (exact) mass is 243 g/mol. The van der Waals surface area contributed by atoms with Gasteiger partial charge in [0.15, 0.2) is 0 Å². The number of halogens is 1. The molecule has 0 unspecified atom stereocenters. The largest absolute Gasteiger partial charge is 0.495 e. The van der Waals surface area contributed by atoms with Gasteiger partial charge in [0.2, 0.25) is 0 Å². The Balaban J connectivity index is 3.02. The topological polar surface area (TPSA) is 32.7 Å². The first-order chi connectivity index (χ1) is 7.42. The molecule has 0 aliphatic rings. The standard InChI is InChI=1S/C12H18ClNO2/c1-12(2,8-15)14(3)9-5-6-11(16-4)10(13)7-9/h5-7,15H,8H2,1-4H3. The number of benzene rings is 1. The van der Waals surface area contributed by atoms with Gasteiger partial charge in [0.1, 0.15) is 5.75 Å². The van der Waals surface area contributed by atoms with Crippen molar-refractivity contribution in [2.45, 2.75) is 19.4 Å². The Morgan fingerprint density at radius 3 is 2.50 bits per heavy atom. The van der Waals surface area contributed by atoms with Crippen LogP contribution in [0, 0.1) is 0 Å². The number of likely N-dealkylation sites (N-methyl/N-ethyl adjacent to an activating group) is 1. The molecule has 0 saturated carbocycles. The van der Waals surface area contributed by atoms with Gasteiger partial charge in [0.25, 0.3) is 0 Å². The highest BCUT2D eigenvalue weighted by Gasteiger charge is 2.23. The highest BCUT2D eigenvalue weighted by atomic mass is 35.5. The van der Waals surface area contributed by atoms with Crippen molar-refractivity contribution in [3.8, 4) is 5.75 Å². The van der Waals surface area contributed by atoms with E-state index < -0.39 is 0 Å². The zero-order valence-corrected chi connectivity index (χ0v) is 10.9. The maximum atomic E-state index is 9.30. The van der Waals surface area contributed by atoms with Gasteiger partial charge in [-0.2, -0.15) is 0 Å². The Bertz CT molecular complexity index is 366. The van der Waals surface area contributed by atoms with Gasteiger partial charge in [-0.05, 0) is 32.0 Å². The maximum absolute atomic E-state index is 9.30. The number of nitrogens with zero attached hydrogens (tertiary/aromatic N) is 1. The van der Waals surface area contributed by atoms with Crippen molar-refractivity contribution in [3.63, 3.8) is 0 Å². The molecule has 0 radical (unpaired) electrons. The minimum Gasteiger partial charge on any atom is -0.495 e. The van der Waals surface area contributed by atoms with Gasteiger partial charge in [-0.15, -0.1) is 0 Å². The first-order valence-corrected chi connectivity index (χ1v) is 5.48. The van der Waals surface area contributed by atoms with Gasteiger partial charge in [-0.3, -0.25) is 0 Å². The van der Waals surface area contributed by atoms with E-state index in [-0.39, 0.29) is 12.1 Å². The molecule has 0 heterocycles. The lowest BCUT2D eigenvalue weighted by Gasteiger charge is -2.36. The van der Waals surface area contributed by atoms with Crippen molar-refractivity contribution < 1.29 is 9.84 Å². The van der Waals surface area contributed by atoms with E-state index in [0.717, 1.165) is 5.69 Å². The van der Waals surface area contributed by atoms with Gasteiger partial charge in [-0.1, -0.05) is 11.6 Å². The van der Waals surface area contributed by atoms with Crippen molar-refractivity contribution in [1.82, 2.24) is 0 Å². The van der Waals surface area contributed by atoms with Crippen LogP contribution >= 0.6 is 11.6 Å². The van der Waals surface area contributed by atoms with Crippen LogP contribution in [0.15, 0.2) is 18.2 Å². The second-order valence-corrected chi connectivity index (χ2v) is 4.76. The molecule has 0 spiro atoms. The van der Waals surface area contributed by atoms with Crippen LogP contribution in [0.25, 0.3) is 0 Å².